The van der Waals surface area contributed by atoms with Crippen molar-refractivity contribution in [1.29, 1.82) is 0 Å². The first-order chi connectivity index (χ1) is 13.1. The molecule has 1 aromatic carbocycles. The number of aryl methyl sites for hydroxylation is 1. The summed E-state index contributed by atoms with van der Waals surface area (Å²) in [6.45, 7) is 3.29. The highest BCUT2D eigenvalue weighted by molar-refractivity contribution is 8.01. The fourth-order valence-corrected chi connectivity index (χ4v) is 4.00. The molecular formula is C17H21N5O3S2. The quantitative estimate of drug-likeness (QED) is 0.481. The van der Waals surface area contributed by atoms with E-state index in [0.717, 1.165) is 25.0 Å². The number of anilines is 2. The molecule has 2 heterocycles. The van der Waals surface area contributed by atoms with Gasteiger partial charge < -0.3 is 15.4 Å². The van der Waals surface area contributed by atoms with Crippen LogP contribution in [0.2, 0.25) is 0 Å². The minimum absolute atomic E-state index is 0.0719. The Hall–Kier alpha value is -2.17. The molecule has 27 heavy (non-hydrogen) atoms. The largest absolute Gasteiger partial charge is 0.376 e. The van der Waals surface area contributed by atoms with E-state index in [1.165, 1.54) is 23.1 Å². The van der Waals surface area contributed by atoms with Gasteiger partial charge in [0.05, 0.1) is 11.9 Å². The SMILES string of the molecule is Cc1ccc(NC(=O)Nc2nnc(SCC(=O)NC[C@@H]3CCCO3)s2)cc1. The highest BCUT2D eigenvalue weighted by atomic mass is 32.2. The monoisotopic (exact) mass is 407 g/mol. The van der Waals surface area contributed by atoms with Gasteiger partial charge in [-0.25, -0.2) is 4.79 Å². The number of thioether (sulfide) groups is 1. The van der Waals surface area contributed by atoms with Crippen molar-refractivity contribution in [3.63, 3.8) is 0 Å². The molecule has 1 aliphatic heterocycles. The summed E-state index contributed by atoms with van der Waals surface area (Å²) in [5.74, 6) is 0.175. The number of rotatable bonds is 7. The summed E-state index contributed by atoms with van der Waals surface area (Å²) in [5.41, 5.74) is 1.81. The maximum Gasteiger partial charge on any atom is 0.325 e. The fourth-order valence-electron chi connectivity index (χ4n) is 2.43. The molecule has 0 spiro atoms. The van der Waals surface area contributed by atoms with Crippen molar-refractivity contribution in [3.8, 4) is 0 Å². The van der Waals surface area contributed by atoms with E-state index in [0.29, 0.717) is 21.7 Å². The summed E-state index contributed by atoms with van der Waals surface area (Å²) in [7, 11) is 0. The van der Waals surface area contributed by atoms with Crippen LogP contribution in [0.4, 0.5) is 15.6 Å². The molecule has 2 aromatic rings. The average Bonchev–Trinajstić information content (AvgIpc) is 3.32. The first-order valence-corrected chi connectivity index (χ1v) is 10.4. The van der Waals surface area contributed by atoms with E-state index in [2.05, 4.69) is 26.1 Å². The molecule has 10 heteroatoms. The maximum absolute atomic E-state index is 12.0. The van der Waals surface area contributed by atoms with Crippen LogP contribution in [0.3, 0.4) is 0 Å². The minimum Gasteiger partial charge on any atom is -0.376 e. The molecule has 3 rings (SSSR count). The lowest BCUT2D eigenvalue weighted by Gasteiger charge is -2.09. The van der Waals surface area contributed by atoms with Crippen molar-refractivity contribution in [2.24, 2.45) is 0 Å². The second-order valence-electron chi connectivity index (χ2n) is 6.05. The second-order valence-corrected chi connectivity index (χ2v) is 8.25. The molecule has 0 unspecified atom stereocenters. The van der Waals surface area contributed by atoms with Gasteiger partial charge in [-0.15, -0.1) is 10.2 Å². The molecule has 3 amide bonds. The Labute approximate surface area is 165 Å². The summed E-state index contributed by atoms with van der Waals surface area (Å²) < 4.78 is 6.09. The third-order valence-electron chi connectivity index (χ3n) is 3.81. The molecule has 1 atom stereocenters. The van der Waals surface area contributed by atoms with E-state index in [-0.39, 0.29) is 23.8 Å². The van der Waals surface area contributed by atoms with E-state index in [9.17, 15) is 9.59 Å². The van der Waals surface area contributed by atoms with Crippen LogP contribution in [0.15, 0.2) is 28.6 Å². The van der Waals surface area contributed by atoms with Gasteiger partial charge >= 0.3 is 6.03 Å². The highest BCUT2D eigenvalue weighted by Gasteiger charge is 2.16. The lowest BCUT2D eigenvalue weighted by molar-refractivity contribution is -0.119. The summed E-state index contributed by atoms with van der Waals surface area (Å²) in [6, 6.07) is 7.09. The maximum atomic E-state index is 12.0. The van der Waals surface area contributed by atoms with Crippen molar-refractivity contribution >= 4 is 45.9 Å². The number of carbonyl (C=O) groups excluding carboxylic acids is 2. The second kappa shape index (κ2) is 9.67. The molecule has 0 saturated carbocycles. The minimum atomic E-state index is -0.388. The van der Waals surface area contributed by atoms with Gasteiger partial charge in [-0.2, -0.15) is 0 Å². The lowest BCUT2D eigenvalue weighted by atomic mass is 10.2. The Balaban J connectivity index is 1.39. The number of nitrogens with zero attached hydrogens (tertiary/aromatic N) is 2. The normalized spacial score (nSPS) is 16.1. The Kier molecular flexibility index (Phi) is 7.02. The van der Waals surface area contributed by atoms with Gasteiger partial charge in [0.15, 0.2) is 4.34 Å². The summed E-state index contributed by atoms with van der Waals surface area (Å²) in [5, 5.41) is 16.5. The molecular weight excluding hydrogens is 386 g/mol. The molecule has 1 fully saturated rings. The van der Waals surface area contributed by atoms with Crippen LogP contribution < -0.4 is 16.0 Å². The van der Waals surface area contributed by atoms with Gasteiger partial charge in [0.2, 0.25) is 11.0 Å². The number of urea groups is 1. The van der Waals surface area contributed by atoms with E-state index in [1.54, 1.807) is 0 Å². The lowest BCUT2D eigenvalue weighted by Crippen LogP contribution is -2.32. The molecule has 8 nitrogen and oxygen atoms in total. The van der Waals surface area contributed by atoms with Crippen molar-refractivity contribution < 1.29 is 14.3 Å². The highest BCUT2D eigenvalue weighted by Crippen LogP contribution is 2.25. The molecule has 144 valence electrons. The Morgan fingerprint density at radius 3 is 2.81 bits per heavy atom. The van der Waals surface area contributed by atoms with Gasteiger partial charge in [0, 0.05) is 18.8 Å². The van der Waals surface area contributed by atoms with E-state index < -0.39 is 0 Å². The number of aromatic nitrogens is 2. The smallest absolute Gasteiger partial charge is 0.325 e. The summed E-state index contributed by atoms with van der Waals surface area (Å²) in [6.07, 6.45) is 2.17. The number of benzene rings is 1. The van der Waals surface area contributed by atoms with E-state index >= 15 is 0 Å². The molecule has 1 aliphatic rings. The van der Waals surface area contributed by atoms with Crippen LogP contribution in [0.25, 0.3) is 0 Å². The van der Waals surface area contributed by atoms with Gasteiger partial charge in [-0.3, -0.25) is 10.1 Å². The summed E-state index contributed by atoms with van der Waals surface area (Å²) >= 11 is 2.51. The van der Waals surface area contributed by atoms with Crippen molar-refractivity contribution in [3.05, 3.63) is 29.8 Å². The van der Waals surface area contributed by atoms with Crippen molar-refractivity contribution in [2.75, 3.05) is 29.5 Å². The van der Waals surface area contributed by atoms with Gasteiger partial charge in [-0.05, 0) is 31.9 Å². The molecule has 1 aromatic heterocycles. The predicted molar refractivity (Wildman–Crippen MR) is 106 cm³/mol. The average molecular weight is 408 g/mol. The van der Waals surface area contributed by atoms with Crippen LogP contribution in [0, 0.1) is 6.92 Å². The van der Waals surface area contributed by atoms with E-state index in [1.807, 2.05) is 31.2 Å². The zero-order chi connectivity index (χ0) is 19.1. The van der Waals surface area contributed by atoms with Crippen LogP contribution in [0.1, 0.15) is 18.4 Å². The Bertz CT molecular complexity index is 775. The summed E-state index contributed by atoms with van der Waals surface area (Å²) in [4.78, 5) is 23.9. The molecule has 0 aliphatic carbocycles. The van der Waals surface area contributed by atoms with Gasteiger partial charge in [0.25, 0.3) is 0 Å². The Morgan fingerprint density at radius 1 is 1.26 bits per heavy atom. The van der Waals surface area contributed by atoms with Gasteiger partial charge in [-0.1, -0.05) is 40.8 Å². The Morgan fingerprint density at radius 2 is 2.07 bits per heavy atom. The fraction of sp³-hybridized carbons (Fsp3) is 0.412. The molecule has 3 N–H and O–H groups in total. The molecule has 0 radical (unpaired) electrons. The third-order valence-corrected chi connectivity index (χ3v) is 5.79. The number of nitrogens with one attached hydrogen (secondary N) is 3. The number of ether oxygens (including phenoxy) is 1. The third kappa shape index (κ3) is 6.49. The molecule has 0 bridgehead atoms. The topological polar surface area (TPSA) is 105 Å². The number of carbonyl (C=O) groups is 2. The predicted octanol–water partition coefficient (Wildman–Crippen LogP) is 2.88. The zero-order valence-electron chi connectivity index (χ0n) is 14.9. The van der Waals surface area contributed by atoms with Crippen LogP contribution in [0.5, 0.6) is 0 Å². The van der Waals surface area contributed by atoms with Crippen LogP contribution >= 0.6 is 23.1 Å². The first kappa shape index (κ1) is 19.6. The van der Waals surface area contributed by atoms with Gasteiger partial charge in [0.1, 0.15) is 0 Å². The molecule has 1 saturated heterocycles. The number of hydrogen-bond acceptors (Lipinski definition) is 7. The van der Waals surface area contributed by atoms with Crippen molar-refractivity contribution in [2.45, 2.75) is 30.2 Å². The standard InChI is InChI=1S/C17H21N5O3S2/c1-11-4-6-12(7-5-11)19-15(24)20-16-21-22-17(27-16)26-10-14(23)18-9-13-3-2-8-25-13/h4-7,13H,2-3,8-10H2,1H3,(H,18,23)(H2,19,20,21,24)/t13-/m0/s1. The first-order valence-electron chi connectivity index (χ1n) is 8.58. The van der Waals surface area contributed by atoms with Crippen molar-refractivity contribution in [1.82, 2.24) is 15.5 Å². The van der Waals surface area contributed by atoms with Crippen LogP contribution in [-0.2, 0) is 9.53 Å². The zero-order valence-corrected chi connectivity index (χ0v) is 16.5. The number of amides is 3. The number of hydrogen-bond donors (Lipinski definition) is 3. The van der Waals surface area contributed by atoms with E-state index in [4.69, 9.17) is 4.74 Å². The van der Waals surface area contributed by atoms with Crippen LogP contribution in [-0.4, -0.2) is 47.1 Å².